The lowest BCUT2D eigenvalue weighted by Gasteiger charge is -2.48. The Morgan fingerprint density at radius 2 is 1.42 bits per heavy atom. The monoisotopic (exact) mass is 498 g/mol. The molecule has 2 rings (SSSR count). The lowest BCUT2D eigenvalue weighted by Crippen LogP contribution is -2.58. The Hall–Kier alpha value is 0.572. The summed E-state index contributed by atoms with van der Waals surface area (Å²) in [7, 11) is 0. The summed E-state index contributed by atoms with van der Waals surface area (Å²) in [5.41, 5.74) is 0. The predicted molar refractivity (Wildman–Crippen MR) is 108 cm³/mol. The van der Waals surface area contributed by atoms with Crippen molar-refractivity contribution in [2.75, 3.05) is 0 Å². The van der Waals surface area contributed by atoms with Crippen LogP contribution in [0.25, 0.3) is 0 Å². The molecule has 0 N–H and O–H groups in total. The minimum Gasteiger partial charge on any atom is -0.470 e. The number of ether oxygens (including phenoxy) is 4. The Balaban J connectivity index is 2.22. The van der Waals surface area contributed by atoms with E-state index >= 15 is 0 Å². The SMILES string of the molecule is CC(=O)OC1[C@H]([O][AlH][I])OC(C)[C@H](C)[C@@H]1O[C@@H]1OC(C)[C@H](C)[C@H](C)C1C. The highest BCUT2D eigenvalue weighted by Gasteiger charge is 2.48. The van der Waals surface area contributed by atoms with Crippen LogP contribution in [0.1, 0.15) is 48.5 Å². The first-order chi connectivity index (χ1) is 12.2. The highest BCUT2D eigenvalue weighted by molar-refractivity contribution is 14.1. The molecule has 10 atom stereocenters. The van der Waals surface area contributed by atoms with Crippen LogP contribution in [0.5, 0.6) is 0 Å². The molecule has 0 saturated carbocycles. The van der Waals surface area contributed by atoms with E-state index in [-0.39, 0.29) is 42.4 Å². The first-order valence-electron chi connectivity index (χ1n) is 9.48. The van der Waals surface area contributed by atoms with Crippen LogP contribution in [0.3, 0.4) is 0 Å². The molecule has 2 aliphatic heterocycles. The van der Waals surface area contributed by atoms with Crippen LogP contribution in [0, 0.1) is 23.7 Å². The van der Waals surface area contributed by atoms with Crippen molar-refractivity contribution in [2.45, 2.75) is 85.5 Å². The molecule has 0 aromatic carbocycles. The first-order valence-corrected chi connectivity index (χ1v) is 15.2. The van der Waals surface area contributed by atoms with Gasteiger partial charge in [0.1, 0.15) is 6.10 Å². The Bertz CT molecular complexity index is 481. The summed E-state index contributed by atoms with van der Waals surface area (Å²) in [5.74, 6) is 0.905. The van der Waals surface area contributed by atoms with Crippen molar-refractivity contribution < 1.29 is 27.5 Å². The summed E-state index contributed by atoms with van der Waals surface area (Å²) in [6, 6.07) is 0. The number of halogens is 1. The second-order valence-electron chi connectivity index (χ2n) is 7.81. The molecule has 150 valence electrons. The van der Waals surface area contributed by atoms with Crippen molar-refractivity contribution in [3.8, 4) is 0 Å². The van der Waals surface area contributed by atoms with Gasteiger partial charge in [-0.2, -0.15) is 20.3 Å². The summed E-state index contributed by atoms with van der Waals surface area (Å²) in [6.07, 6.45) is -1.75. The largest absolute Gasteiger partial charge is 0.527 e. The van der Waals surface area contributed by atoms with Gasteiger partial charge in [-0.1, -0.05) is 27.7 Å². The highest BCUT2D eigenvalue weighted by Crippen LogP contribution is 2.39. The van der Waals surface area contributed by atoms with Crippen molar-refractivity contribution in [2.24, 2.45) is 23.7 Å². The zero-order chi connectivity index (χ0) is 19.6. The van der Waals surface area contributed by atoms with Crippen LogP contribution in [0.4, 0.5) is 0 Å². The zero-order valence-corrected chi connectivity index (χ0v) is 20.4. The molecule has 4 unspecified atom stereocenters. The van der Waals surface area contributed by atoms with E-state index in [1.807, 2.05) is 6.92 Å². The van der Waals surface area contributed by atoms with Crippen molar-refractivity contribution in [1.29, 1.82) is 0 Å². The van der Waals surface area contributed by atoms with Crippen LogP contribution in [-0.4, -0.2) is 55.2 Å². The normalized spacial score (nSPS) is 46.6. The third-order valence-corrected chi connectivity index (χ3v) is 7.73. The van der Waals surface area contributed by atoms with Gasteiger partial charge in [-0.3, -0.25) is 4.79 Å². The number of hydrogen-bond donors (Lipinski definition) is 0. The Morgan fingerprint density at radius 1 is 0.846 bits per heavy atom. The molecule has 8 heteroatoms. The van der Waals surface area contributed by atoms with E-state index in [4.69, 9.17) is 22.7 Å². The van der Waals surface area contributed by atoms with Gasteiger partial charge >= 0.3 is 18.2 Å². The molecule has 0 bridgehead atoms. The van der Waals surface area contributed by atoms with E-state index in [2.05, 4.69) is 54.9 Å². The summed E-state index contributed by atoms with van der Waals surface area (Å²) in [4.78, 5) is 11.7. The molecule has 0 amide bonds. The van der Waals surface area contributed by atoms with Crippen molar-refractivity contribution >= 4 is 38.5 Å². The van der Waals surface area contributed by atoms with Crippen molar-refractivity contribution in [3.63, 3.8) is 0 Å². The second-order valence-corrected chi connectivity index (χ2v) is 10.2. The first kappa shape index (κ1) is 22.9. The third-order valence-electron chi connectivity index (χ3n) is 6.20. The molecule has 0 aromatic rings. The van der Waals surface area contributed by atoms with E-state index in [9.17, 15) is 4.79 Å². The number of hydrogen-bond acceptors (Lipinski definition) is 6. The molecular formula is C18H32AlIO6. The quantitative estimate of drug-likeness (QED) is 0.330. The average Bonchev–Trinajstić information content (AvgIpc) is 2.57. The van der Waals surface area contributed by atoms with E-state index in [0.29, 0.717) is 11.8 Å². The van der Waals surface area contributed by atoms with Gasteiger partial charge in [0.25, 0.3) is 0 Å². The number of carbonyl (C=O) groups is 1. The molecule has 2 fully saturated rings. The summed E-state index contributed by atoms with van der Waals surface area (Å²) in [6.45, 7) is 14.2. The zero-order valence-electron chi connectivity index (χ0n) is 16.8. The molecule has 0 aliphatic carbocycles. The second kappa shape index (κ2) is 9.86. The van der Waals surface area contributed by atoms with E-state index in [1.165, 1.54) is 6.92 Å². The van der Waals surface area contributed by atoms with Gasteiger partial charge in [-0.15, -0.1) is 0 Å². The standard InChI is InChI=1S/C18H31O6.Al.HI.H/c1-8-9(2)12(5)22-18(10(8)3)24-15-11(4)13(6)21-17(20)16(15)23-14(7)19;;;/h8-13,15-18H,1-7H3;;1H;/q-1;+2;;/p-1/t8-,9+,10?,11-,12?,13?,15-,16?,17+,18-;;;/m0.../s1. The van der Waals surface area contributed by atoms with E-state index in [0.717, 1.165) is 0 Å². The molecule has 0 radical (unpaired) electrons. The predicted octanol–water partition coefficient (Wildman–Crippen LogP) is 3.06. The highest BCUT2D eigenvalue weighted by atomic mass is 127. The Morgan fingerprint density at radius 3 is 2.00 bits per heavy atom. The lowest BCUT2D eigenvalue weighted by atomic mass is 9.79. The molecule has 26 heavy (non-hydrogen) atoms. The number of esters is 1. The van der Waals surface area contributed by atoms with E-state index in [1.54, 1.807) is 0 Å². The van der Waals surface area contributed by atoms with Gasteiger partial charge in [-0.05, 0) is 25.7 Å². The molecule has 6 nitrogen and oxygen atoms in total. The van der Waals surface area contributed by atoms with Gasteiger partial charge in [0.2, 0.25) is 0 Å². The minimum absolute atomic E-state index is 0.0517. The molecule has 2 heterocycles. The topological polar surface area (TPSA) is 63.2 Å². The van der Waals surface area contributed by atoms with Gasteiger partial charge in [0, 0.05) is 18.8 Å². The third kappa shape index (κ3) is 5.13. The van der Waals surface area contributed by atoms with Gasteiger partial charge in [0.05, 0.1) is 12.2 Å². The summed E-state index contributed by atoms with van der Waals surface area (Å²) >= 11 is 1.49. The lowest BCUT2D eigenvalue weighted by molar-refractivity contribution is -0.321. The fraction of sp³-hybridized carbons (Fsp3) is 0.944. The van der Waals surface area contributed by atoms with Gasteiger partial charge < -0.3 is 22.7 Å². The van der Waals surface area contributed by atoms with E-state index < -0.39 is 24.7 Å². The number of rotatable bonds is 5. The van der Waals surface area contributed by atoms with Crippen LogP contribution < -0.4 is 0 Å². The fourth-order valence-electron chi connectivity index (χ4n) is 3.77. The number of carbonyl (C=O) groups excluding carboxylic acids is 1. The fourth-order valence-corrected chi connectivity index (χ4v) is 5.23. The van der Waals surface area contributed by atoms with Gasteiger partial charge in [0.15, 0.2) is 18.7 Å². The Labute approximate surface area is 174 Å². The molecule has 2 saturated heterocycles. The van der Waals surface area contributed by atoms with Crippen LogP contribution >= 0.6 is 20.3 Å². The summed E-state index contributed by atoms with van der Waals surface area (Å²) in [5, 5.41) is 0. The minimum atomic E-state index is -0.757. The van der Waals surface area contributed by atoms with Crippen LogP contribution in [0.15, 0.2) is 0 Å². The smallest absolute Gasteiger partial charge is 0.470 e. The van der Waals surface area contributed by atoms with Gasteiger partial charge in [-0.25, -0.2) is 0 Å². The molecule has 2 aliphatic rings. The molecule has 0 spiro atoms. The Kier molecular flexibility index (Phi) is 8.67. The molecule has 0 aromatic heterocycles. The van der Waals surface area contributed by atoms with Crippen LogP contribution in [-0.2, 0) is 27.5 Å². The van der Waals surface area contributed by atoms with Crippen molar-refractivity contribution in [3.05, 3.63) is 0 Å². The maximum Gasteiger partial charge on any atom is 0.527 e. The maximum atomic E-state index is 11.7. The van der Waals surface area contributed by atoms with Crippen molar-refractivity contribution in [1.82, 2.24) is 0 Å². The van der Waals surface area contributed by atoms with Crippen LogP contribution in [0.2, 0.25) is 0 Å². The molecular weight excluding hydrogens is 466 g/mol. The summed E-state index contributed by atoms with van der Waals surface area (Å²) < 4.78 is 30.0. The average molecular weight is 498 g/mol. The maximum absolute atomic E-state index is 11.7.